The zero-order chi connectivity index (χ0) is 17.9. The second-order valence-electron chi connectivity index (χ2n) is 7.65. The van der Waals surface area contributed by atoms with Crippen LogP contribution in [0.3, 0.4) is 0 Å². The smallest absolute Gasteiger partial charge is 0.0991 e. The number of likely N-dealkylation sites (N-methyl/N-ethyl adjacent to an activating group) is 1. The molecule has 142 valence electrons. The largest absolute Gasteiger partial charge is 1.00 e. The van der Waals surface area contributed by atoms with Crippen LogP contribution in [0.15, 0.2) is 60.7 Å². The van der Waals surface area contributed by atoms with Crippen molar-refractivity contribution in [3.63, 3.8) is 0 Å². The van der Waals surface area contributed by atoms with Gasteiger partial charge in [0.15, 0.2) is 0 Å². The quantitative estimate of drug-likeness (QED) is 0.722. The standard InChI is InChI=1S/C23H33N2.ClH/c1-5-25(6-2)18-19(3)24(17-20(25)4)23(21-13-9-7-10-14-21)22-15-11-8-12-16-22;/h7-16,19-20,23H,5-6,17-18H2,1-4H3;1H/q+1;/p-1/t19-,20+;/m0./s1. The molecule has 1 aliphatic heterocycles. The third-order valence-electron chi connectivity index (χ3n) is 6.43. The van der Waals surface area contributed by atoms with Crippen LogP contribution in [0.25, 0.3) is 0 Å². The van der Waals surface area contributed by atoms with Gasteiger partial charge < -0.3 is 16.9 Å². The number of piperazine rings is 1. The lowest BCUT2D eigenvalue weighted by atomic mass is 9.92. The first-order valence-corrected chi connectivity index (χ1v) is 9.82. The van der Waals surface area contributed by atoms with Crippen LogP contribution < -0.4 is 12.4 Å². The van der Waals surface area contributed by atoms with Crippen LogP contribution in [-0.2, 0) is 0 Å². The van der Waals surface area contributed by atoms with E-state index in [9.17, 15) is 0 Å². The molecular formula is C23H33ClN2. The van der Waals surface area contributed by atoms with Gasteiger partial charge in [0.25, 0.3) is 0 Å². The van der Waals surface area contributed by atoms with Crippen molar-refractivity contribution in [1.29, 1.82) is 0 Å². The topological polar surface area (TPSA) is 3.24 Å². The summed E-state index contributed by atoms with van der Waals surface area (Å²) in [5.41, 5.74) is 2.81. The number of hydrogen-bond donors (Lipinski definition) is 0. The van der Waals surface area contributed by atoms with Crippen molar-refractivity contribution >= 4 is 0 Å². The molecule has 0 radical (unpaired) electrons. The molecule has 0 N–H and O–H groups in total. The molecule has 0 saturated carbocycles. The lowest BCUT2D eigenvalue weighted by molar-refractivity contribution is -0.953. The van der Waals surface area contributed by atoms with Crippen molar-refractivity contribution in [3.8, 4) is 0 Å². The Balaban J connectivity index is 0.00000243. The summed E-state index contributed by atoms with van der Waals surface area (Å²) in [5.74, 6) is 0. The summed E-state index contributed by atoms with van der Waals surface area (Å²) in [6, 6.07) is 23.6. The number of halogens is 1. The molecule has 0 aliphatic carbocycles. The fourth-order valence-corrected chi connectivity index (χ4v) is 4.78. The highest BCUT2D eigenvalue weighted by molar-refractivity contribution is 5.32. The van der Waals surface area contributed by atoms with Crippen LogP contribution >= 0.6 is 0 Å². The maximum Gasteiger partial charge on any atom is 0.0991 e. The van der Waals surface area contributed by atoms with Crippen molar-refractivity contribution < 1.29 is 16.9 Å². The highest BCUT2D eigenvalue weighted by atomic mass is 35.5. The first-order chi connectivity index (χ1) is 12.1. The first kappa shape index (κ1) is 21.0. The Morgan fingerprint density at radius 2 is 1.35 bits per heavy atom. The molecule has 3 rings (SSSR count). The third kappa shape index (κ3) is 3.98. The predicted octanol–water partition coefficient (Wildman–Crippen LogP) is 1.73. The summed E-state index contributed by atoms with van der Waals surface area (Å²) in [6.07, 6.45) is 0. The van der Waals surface area contributed by atoms with Crippen LogP contribution in [-0.4, -0.2) is 47.6 Å². The SMILES string of the molecule is CC[N+]1(CC)C[C@H](C)N(C(c2ccccc2)c2ccccc2)C[C@H]1C.[Cl-]. The Kier molecular flexibility index (Phi) is 7.28. The summed E-state index contributed by atoms with van der Waals surface area (Å²) >= 11 is 0. The van der Waals surface area contributed by atoms with E-state index in [1.165, 1.54) is 35.2 Å². The van der Waals surface area contributed by atoms with E-state index in [1.807, 2.05) is 0 Å². The van der Waals surface area contributed by atoms with Crippen molar-refractivity contribution in [2.45, 2.75) is 45.8 Å². The van der Waals surface area contributed by atoms with E-state index in [2.05, 4.69) is 93.3 Å². The van der Waals surface area contributed by atoms with Crippen LogP contribution in [0.2, 0.25) is 0 Å². The first-order valence-electron chi connectivity index (χ1n) is 9.82. The van der Waals surface area contributed by atoms with E-state index in [4.69, 9.17) is 0 Å². The molecule has 1 heterocycles. The Morgan fingerprint density at radius 1 is 0.885 bits per heavy atom. The van der Waals surface area contributed by atoms with Crippen molar-refractivity contribution in [3.05, 3.63) is 71.8 Å². The van der Waals surface area contributed by atoms with Gasteiger partial charge in [-0.05, 0) is 38.8 Å². The third-order valence-corrected chi connectivity index (χ3v) is 6.43. The van der Waals surface area contributed by atoms with Gasteiger partial charge in [-0.3, -0.25) is 4.90 Å². The second kappa shape index (κ2) is 9.03. The average molecular weight is 373 g/mol. The zero-order valence-electron chi connectivity index (χ0n) is 16.6. The number of rotatable bonds is 5. The number of hydrogen-bond acceptors (Lipinski definition) is 1. The molecule has 1 aliphatic rings. The van der Waals surface area contributed by atoms with Gasteiger partial charge in [-0.15, -0.1) is 0 Å². The Hall–Kier alpha value is -1.35. The van der Waals surface area contributed by atoms with Gasteiger partial charge in [0, 0.05) is 0 Å². The van der Waals surface area contributed by atoms with Crippen LogP contribution in [0.4, 0.5) is 0 Å². The lowest BCUT2D eigenvalue weighted by Crippen LogP contribution is -3.00. The molecule has 2 atom stereocenters. The molecule has 2 aromatic rings. The average Bonchev–Trinajstić information content (AvgIpc) is 2.66. The Morgan fingerprint density at radius 3 is 1.77 bits per heavy atom. The van der Waals surface area contributed by atoms with Crippen molar-refractivity contribution in [1.82, 2.24) is 4.90 Å². The molecule has 1 saturated heterocycles. The maximum atomic E-state index is 2.73. The molecule has 0 unspecified atom stereocenters. The molecule has 3 heteroatoms. The molecule has 2 aromatic carbocycles. The van der Waals surface area contributed by atoms with E-state index in [-0.39, 0.29) is 12.4 Å². The summed E-state index contributed by atoms with van der Waals surface area (Å²) in [4.78, 5) is 2.73. The van der Waals surface area contributed by atoms with Crippen LogP contribution in [0.5, 0.6) is 0 Å². The summed E-state index contributed by atoms with van der Waals surface area (Å²) in [6.45, 7) is 14.4. The summed E-state index contributed by atoms with van der Waals surface area (Å²) < 4.78 is 1.24. The highest BCUT2D eigenvalue weighted by Crippen LogP contribution is 2.35. The van der Waals surface area contributed by atoms with Gasteiger partial charge in [-0.2, -0.15) is 0 Å². The van der Waals surface area contributed by atoms with Crippen molar-refractivity contribution in [2.24, 2.45) is 0 Å². The van der Waals surface area contributed by atoms with Gasteiger partial charge in [0.1, 0.15) is 0 Å². The number of quaternary nitrogens is 1. The minimum absolute atomic E-state index is 0. The van der Waals surface area contributed by atoms with Gasteiger partial charge in [0.2, 0.25) is 0 Å². The molecule has 0 bridgehead atoms. The molecule has 1 fully saturated rings. The highest BCUT2D eigenvalue weighted by Gasteiger charge is 2.43. The monoisotopic (exact) mass is 372 g/mol. The molecule has 2 nitrogen and oxygen atoms in total. The second-order valence-corrected chi connectivity index (χ2v) is 7.65. The fraction of sp³-hybridized carbons (Fsp3) is 0.478. The van der Waals surface area contributed by atoms with Gasteiger partial charge in [0.05, 0.1) is 44.3 Å². The van der Waals surface area contributed by atoms with Crippen LogP contribution in [0, 0.1) is 0 Å². The van der Waals surface area contributed by atoms with Gasteiger partial charge in [-0.25, -0.2) is 0 Å². The maximum absolute atomic E-state index is 2.73. The van der Waals surface area contributed by atoms with Crippen molar-refractivity contribution in [2.75, 3.05) is 26.2 Å². The fourth-order valence-electron chi connectivity index (χ4n) is 4.78. The summed E-state index contributed by atoms with van der Waals surface area (Å²) in [5, 5.41) is 0. The lowest BCUT2D eigenvalue weighted by Gasteiger charge is -2.53. The van der Waals surface area contributed by atoms with E-state index in [0.29, 0.717) is 18.1 Å². The Labute approximate surface area is 165 Å². The molecule has 0 aromatic heterocycles. The molecule has 26 heavy (non-hydrogen) atoms. The minimum atomic E-state index is 0. The van der Waals surface area contributed by atoms with E-state index >= 15 is 0 Å². The number of benzene rings is 2. The summed E-state index contributed by atoms with van der Waals surface area (Å²) in [7, 11) is 0. The van der Waals surface area contributed by atoms with E-state index < -0.39 is 0 Å². The predicted molar refractivity (Wildman–Crippen MR) is 107 cm³/mol. The Bertz CT molecular complexity index is 615. The van der Waals surface area contributed by atoms with Gasteiger partial charge >= 0.3 is 0 Å². The molecular weight excluding hydrogens is 340 g/mol. The zero-order valence-corrected chi connectivity index (χ0v) is 17.4. The number of nitrogens with zero attached hydrogens (tertiary/aromatic N) is 2. The van der Waals surface area contributed by atoms with Crippen LogP contribution in [0.1, 0.15) is 44.9 Å². The molecule has 0 spiro atoms. The van der Waals surface area contributed by atoms with E-state index in [0.717, 1.165) is 6.54 Å². The van der Waals surface area contributed by atoms with E-state index in [1.54, 1.807) is 0 Å². The van der Waals surface area contributed by atoms with Gasteiger partial charge in [-0.1, -0.05) is 60.7 Å². The normalized spacial score (nSPS) is 22.8. The molecule has 0 amide bonds. The minimum Gasteiger partial charge on any atom is -1.00 e.